The first-order valence-electron chi connectivity index (χ1n) is 9.41. The molecule has 2 aromatic carbocycles. The number of hydrogen-bond acceptors (Lipinski definition) is 3. The van der Waals surface area contributed by atoms with E-state index in [2.05, 4.69) is 10.6 Å². The molecular formula is C21H20F3N3O3. The van der Waals surface area contributed by atoms with E-state index in [1.54, 1.807) is 0 Å². The van der Waals surface area contributed by atoms with Crippen LogP contribution in [0.5, 0.6) is 0 Å². The Kier molecular flexibility index (Phi) is 6.09. The summed E-state index contributed by atoms with van der Waals surface area (Å²) in [5, 5.41) is 4.91. The van der Waals surface area contributed by atoms with Crippen LogP contribution in [-0.4, -0.2) is 29.3 Å². The number of carbonyl (C=O) groups is 3. The first-order valence-corrected chi connectivity index (χ1v) is 9.41. The highest BCUT2D eigenvalue weighted by Crippen LogP contribution is 2.34. The van der Waals surface area contributed by atoms with Crippen molar-refractivity contribution >= 4 is 23.5 Å². The summed E-state index contributed by atoms with van der Waals surface area (Å²) in [6.07, 6.45) is 1.62. The summed E-state index contributed by atoms with van der Waals surface area (Å²) in [6, 6.07) is 6.92. The lowest BCUT2D eigenvalue weighted by Gasteiger charge is -2.27. The lowest BCUT2D eigenvalue weighted by atomic mass is 9.85. The van der Waals surface area contributed by atoms with Crippen LogP contribution in [0.3, 0.4) is 0 Å². The molecule has 1 saturated heterocycles. The lowest BCUT2D eigenvalue weighted by Crippen LogP contribution is -2.44. The minimum Gasteiger partial charge on any atom is -0.324 e. The number of urea groups is 1. The molecule has 2 N–H and O–H groups in total. The number of imide groups is 1. The van der Waals surface area contributed by atoms with Gasteiger partial charge in [0.05, 0.1) is 0 Å². The molecule has 2 aromatic rings. The summed E-state index contributed by atoms with van der Waals surface area (Å²) in [4.78, 5) is 38.7. The Labute approximate surface area is 171 Å². The predicted octanol–water partition coefficient (Wildman–Crippen LogP) is 3.68. The minimum atomic E-state index is -1.41. The molecule has 0 bridgehead atoms. The Morgan fingerprint density at radius 2 is 1.67 bits per heavy atom. The van der Waals surface area contributed by atoms with Crippen LogP contribution in [0.25, 0.3) is 0 Å². The molecule has 4 amide bonds. The van der Waals surface area contributed by atoms with Crippen LogP contribution in [0.2, 0.25) is 0 Å². The van der Waals surface area contributed by atoms with Gasteiger partial charge in [-0.25, -0.2) is 18.0 Å². The Morgan fingerprint density at radius 1 is 1.03 bits per heavy atom. The molecule has 1 unspecified atom stereocenters. The number of unbranched alkanes of at least 4 members (excludes halogenated alkanes) is 1. The number of halogens is 3. The maximum absolute atomic E-state index is 13.3. The van der Waals surface area contributed by atoms with Crippen LogP contribution >= 0.6 is 0 Å². The van der Waals surface area contributed by atoms with E-state index in [1.807, 2.05) is 6.92 Å². The summed E-state index contributed by atoms with van der Waals surface area (Å²) < 4.78 is 39.9. The van der Waals surface area contributed by atoms with Gasteiger partial charge in [0, 0.05) is 11.8 Å². The van der Waals surface area contributed by atoms with Gasteiger partial charge in [-0.05, 0) is 36.2 Å². The van der Waals surface area contributed by atoms with E-state index < -0.39 is 47.4 Å². The van der Waals surface area contributed by atoms with Crippen LogP contribution in [0.15, 0.2) is 42.5 Å². The van der Waals surface area contributed by atoms with Gasteiger partial charge in [-0.1, -0.05) is 31.9 Å². The van der Waals surface area contributed by atoms with E-state index >= 15 is 0 Å². The van der Waals surface area contributed by atoms with E-state index in [9.17, 15) is 27.6 Å². The number of benzene rings is 2. The van der Waals surface area contributed by atoms with Crippen molar-refractivity contribution in [3.63, 3.8) is 0 Å². The fourth-order valence-corrected chi connectivity index (χ4v) is 3.43. The first-order chi connectivity index (χ1) is 14.2. The normalized spacial score (nSPS) is 18.5. The average molecular weight is 419 g/mol. The third-order valence-corrected chi connectivity index (χ3v) is 4.87. The number of nitrogens with zero attached hydrogens (tertiary/aromatic N) is 1. The molecule has 158 valence electrons. The zero-order valence-electron chi connectivity index (χ0n) is 16.2. The summed E-state index contributed by atoms with van der Waals surface area (Å²) in [6.45, 7) is 1.28. The number of amides is 4. The van der Waals surface area contributed by atoms with Crippen molar-refractivity contribution in [3.8, 4) is 0 Å². The standard InChI is InChI=1S/C21H20F3N3O3/c1-2-3-8-21(13-4-6-14(22)7-5-13)19(29)27(20(30)26-21)12-18(28)25-17-10-15(23)9-16(24)11-17/h4-7,9-11H,2-3,8,12H2,1H3,(H,25,28)(H,26,30). The molecule has 0 aromatic heterocycles. The molecule has 0 saturated carbocycles. The van der Waals surface area contributed by atoms with E-state index in [0.717, 1.165) is 23.5 Å². The van der Waals surface area contributed by atoms with Crippen molar-refractivity contribution in [2.24, 2.45) is 0 Å². The second kappa shape index (κ2) is 8.56. The van der Waals surface area contributed by atoms with Crippen LogP contribution in [0.1, 0.15) is 31.7 Å². The fourth-order valence-electron chi connectivity index (χ4n) is 3.43. The molecule has 1 atom stereocenters. The molecule has 1 fully saturated rings. The topological polar surface area (TPSA) is 78.5 Å². The van der Waals surface area contributed by atoms with Gasteiger partial charge < -0.3 is 10.6 Å². The van der Waals surface area contributed by atoms with Crippen LogP contribution < -0.4 is 10.6 Å². The SMILES string of the molecule is CCCCC1(c2ccc(F)cc2)NC(=O)N(CC(=O)Nc2cc(F)cc(F)c2)C1=O. The van der Waals surface area contributed by atoms with Gasteiger partial charge in [0.2, 0.25) is 5.91 Å². The third kappa shape index (κ3) is 4.29. The van der Waals surface area contributed by atoms with Gasteiger partial charge in [-0.2, -0.15) is 0 Å². The molecule has 9 heteroatoms. The largest absolute Gasteiger partial charge is 0.325 e. The van der Waals surface area contributed by atoms with Crippen LogP contribution in [0.4, 0.5) is 23.7 Å². The maximum atomic E-state index is 13.3. The van der Waals surface area contributed by atoms with Crippen molar-refractivity contribution in [1.29, 1.82) is 0 Å². The highest BCUT2D eigenvalue weighted by molar-refractivity contribution is 6.10. The fraction of sp³-hybridized carbons (Fsp3) is 0.286. The Bertz CT molecular complexity index is 961. The van der Waals surface area contributed by atoms with Crippen molar-refractivity contribution in [2.45, 2.75) is 31.7 Å². The summed E-state index contributed by atoms with van der Waals surface area (Å²) in [5.41, 5.74) is -1.14. The van der Waals surface area contributed by atoms with Gasteiger partial charge in [0.15, 0.2) is 0 Å². The van der Waals surface area contributed by atoms with Gasteiger partial charge in [0.1, 0.15) is 29.5 Å². The highest BCUT2D eigenvalue weighted by Gasteiger charge is 2.52. The molecule has 3 rings (SSSR count). The molecule has 0 aliphatic carbocycles. The maximum Gasteiger partial charge on any atom is 0.325 e. The molecule has 0 spiro atoms. The molecule has 30 heavy (non-hydrogen) atoms. The number of hydrogen-bond donors (Lipinski definition) is 2. The molecular weight excluding hydrogens is 399 g/mol. The first kappa shape index (κ1) is 21.4. The van der Waals surface area contributed by atoms with Gasteiger partial charge in [0.25, 0.3) is 5.91 Å². The van der Waals surface area contributed by atoms with E-state index in [-0.39, 0.29) is 12.1 Å². The average Bonchev–Trinajstić information content (AvgIpc) is 2.91. The van der Waals surface area contributed by atoms with Gasteiger partial charge in [-0.15, -0.1) is 0 Å². The number of rotatable bonds is 7. The predicted molar refractivity (Wildman–Crippen MR) is 103 cm³/mol. The highest BCUT2D eigenvalue weighted by atomic mass is 19.1. The minimum absolute atomic E-state index is 0.139. The third-order valence-electron chi connectivity index (χ3n) is 4.87. The molecule has 0 radical (unpaired) electrons. The van der Waals surface area contributed by atoms with Gasteiger partial charge >= 0.3 is 6.03 Å². The molecule has 6 nitrogen and oxygen atoms in total. The smallest absolute Gasteiger partial charge is 0.324 e. The summed E-state index contributed by atoms with van der Waals surface area (Å²) >= 11 is 0. The van der Waals surface area contributed by atoms with Crippen molar-refractivity contribution in [2.75, 3.05) is 11.9 Å². The lowest BCUT2D eigenvalue weighted by molar-refractivity contribution is -0.134. The molecule has 1 aliphatic heterocycles. The Balaban J connectivity index is 1.82. The number of anilines is 1. The number of nitrogens with one attached hydrogen (secondary N) is 2. The van der Waals surface area contributed by atoms with E-state index in [4.69, 9.17) is 0 Å². The second-order valence-electron chi connectivity index (χ2n) is 7.04. The van der Waals surface area contributed by atoms with Crippen LogP contribution in [0, 0.1) is 17.5 Å². The Morgan fingerprint density at radius 3 is 2.27 bits per heavy atom. The molecule has 1 heterocycles. The second-order valence-corrected chi connectivity index (χ2v) is 7.04. The summed E-state index contributed by atoms with van der Waals surface area (Å²) in [7, 11) is 0. The zero-order valence-corrected chi connectivity index (χ0v) is 16.2. The zero-order chi connectivity index (χ0) is 21.9. The quantitative estimate of drug-likeness (QED) is 0.672. The van der Waals surface area contributed by atoms with Crippen molar-refractivity contribution < 1.29 is 27.6 Å². The van der Waals surface area contributed by atoms with Crippen molar-refractivity contribution in [3.05, 3.63) is 65.5 Å². The monoisotopic (exact) mass is 419 g/mol. The van der Waals surface area contributed by atoms with Crippen LogP contribution in [-0.2, 0) is 15.1 Å². The van der Waals surface area contributed by atoms with E-state index in [1.165, 1.54) is 24.3 Å². The van der Waals surface area contributed by atoms with Gasteiger partial charge in [-0.3, -0.25) is 14.5 Å². The molecule has 1 aliphatic rings. The Hall–Kier alpha value is -3.36. The summed E-state index contributed by atoms with van der Waals surface area (Å²) in [5.74, 6) is -3.69. The van der Waals surface area contributed by atoms with Crippen molar-refractivity contribution in [1.82, 2.24) is 10.2 Å². The van der Waals surface area contributed by atoms with E-state index in [0.29, 0.717) is 18.1 Å². The number of carbonyl (C=O) groups excluding carboxylic acids is 3.